The first-order valence-electron chi connectivity index (χ1n) is 10.2. The molecule has 3 aromatic carbocycles. The van der Waals surface area contributed by atoms with Crippen molar-refractivity contribution in [1.82, 2.24) is 0 Å². The SMILES string of the molecule is C=C(C)C(=O)Oc1ccc(C#Cc2ccc(-c3ccc(CCCC)cc3)cc2)cc1. The van der Waals surface area contributed by atoms with Crippen molar-refractivity contribution in [3.63, 3.8) is 0 Å². The lowest BCUT2D eigenvalue weighted by molar-refractivity contribution is -0.130. The quantitative estimate of drug-likeness (QED) is 0.204. The average molecular weight is 395 g/mol. The summed E-state index contributed by atoms with van der Waals surface area (Å²) in [6, 6.07) is 24.2. The van der Waals surface area contributed by atoms with Crippen molar-refractivity contribution >= 4 is 5.97 Å². The lowest BCUT2D eigenvalue weighted by atomic mass is 10.0. The minimum atomic E-state index is -0.426. The summed E-state index contributed by atoms with van der Waals surface area (Å²) in [5, 5.41) is 0. The molecule has 3 rings (SSSR count). The van der Waals surface area contributed by atoms with Gasteiger partial charge in [-0.2, -0.15) is 0 Å². The van der Waals surface area contributed by atoms with E-state index in [1.807, 2.05) is 24.3 Å². The van der Waals surface area contributed by atoms with Crippen LogP contribution in [0, 0.1) is 11.8 Å². The molecule has 0 unspecified atom stereocenters. The lowest BCUT2D eigenvalue weighted by Gasteiger charge is -2.04. The van der Waals surface area contributed by atoms with E-state index < -0.39 is 5.97 Å². The Morgan fingerprint density at radius 3 is 1.83 bits per heavy atom. The third kappa shape index (κ3) is 5.96. The van der Waals surface area contributed by atoms with Gasteiger partial charge in [0.15, 0.2) is 0 Å². The van der Waals surface area contributed by atoms with Gasteiger partial charge in [-0.15, -0.1) is 0 Å². The molecule has 0 radical (unpaired) electrons. The fourth-order valence-electron chi connectivity index (χ4n) is 2.94. The molecule has 0 N–H and O–H groups in total. The van der Waals surface area contributed by atoms with Gasteiger partial charge in [-0.3, -0.25) is 0 Å². The van der Waals surface area contributed by atoms with Crippen LogP contribution in [0.2, 0.25) is 0 Å². The molecule has 0 bridgehead atoms. The monoisotopic (exact) mass is 394 g/mol. The van der Waals surface area contributed by atoms with Crippen molar-refractivity contribution in [3.8, 4) is 28.7 Å². The molecule has 150 valence electrons. The number of carbonyl (C=O) groups excluding carboxylic acids is 1. The molecule has 3 aromatic rings. The summed E-state index contributed by atoms with van der Waals surface area (Å²) < 4.78 is 5.19. The smallest absolute Gasteiger partial charge is 0.338 e. The summed E-state index contributed by atoms with van der Waals surface area (Å²) in [5.41, 5.74) is 5.98. The van der Waals surface area contributed by atoms with Crippen molar-refractivity contribution in [2.75, 3.05) is 0 Å². The number of hydrogen-bond acceptors (Lipinski definition) is 2. The molecule has 0 aliphatic rings. The minimum absolute atomic E-state index is 0.370. The Kier molecular flexibility index (Phi) is 7.24. The van der Waals surface area contributed by atoms with Gasteiger partial charge in [-0.25, -0.2) is 4.79 Å². The predicted octanol–water partition coefficient (Wildman–Crippen LogP) is 6.58. The topological polar surface area (TPSA) is 26.3 Å². The molecule has 0 fully saturated rings. The first kappa shape index (κ1) is 21.1. The zero-order valence-electron chi connectivity index (χ0n) is 17.6. The molecule has 0 aromatic heterocycles. The molecular weight excluding hydrogens is 368 g/mol. The van der Waals surface area contributed by atoms with Gasteiger partial charge in [-0.1, -0.05) is 68.2 Å². The molecule has 0 aliphatic heterocycles. The van der Waals surface area contributed by atoms with Gasteiger partial charge in [0.2, 0.25) is 0 Å². The highest BCUT2D eigenvalue weighted by Gasteiger charge is 2.04. The maximum Gasteiger partial charge on any atom is 0.338 e. The number of unbranched alkanes of at least 4 members (excludes halogenated alkanes) is 1. The van der Waals surface area contributed by atoms with Gasteiger partial charge < -0.3 is 4.74 Å². The molecule has 0 amide bonds. The van der Waals surface area contributed by atoms with E-state index in [4.69, 9.17) is 4.74 Å². The van der Waals surface area contributed by atoms with E-state index in [2.05, 4.69) is 61.7 Å². The molecule has 0 aliphatic carbocycles. The molecule has 30 heavy (non-hydrogen) atoms. The second-order valence-corrected chi connectivity index (χ2v) is 7.32. The summed E-state index contributed by atoms with van der Waals surface area (Å²) in [6.45, 7) is 7.41. The highest BCUT2D eigenvalue weighted by Crippen LogP contribution is 2.21. The van der Waals surface area contributed by atoms with Gasteiger partial charge in [0.1, 0.15) is 5.75 Å². The maximum absolute atomic E-state index is 11.5. The number of ether oxygens (including phenoxy) is 1. The van der Waals surface area contributed by atoms with E-state index in [0.29, 0.717) is 11.3 Å². The van der Waals surface area contributed by atoms with Crippen molar-refractivity contribution < 1.29 is 9.53 Å². The molecule has 2 nitrogen and oxygen atoms in total. The van der Waals surface area contributed by atoms with Crippen LogP contribution in [0.15, 0.2) is 84.9 Å². The Balaban J connectivity index is 1.64. The fraction of sp³-hybridized carbons (Fsp3) is 0.179. The maximum atomic E-state index is 11.5. The van der Waals surface area contributed by atoms with Crippen molar-refractivity contribution in [1.29, 1.82) is 0 Å². The third-order valence-corrected chi connectivity index (χ3v) is 4.76. The molecule has 0 saturated heterocycles. The average Bonchev–Trinajstić information content (AvgIpc) is 2.78. The van der Waals surface area contributed by atoms with E-state index in [1.54, 1.807) is 19.1 Å². The summed E-state index contributed by atoms with van der Waals surface area (Å²) >= 11 is 0. The van der Waals surface area contributed by atoms with Gasteiger partial charge in [0, 0.05) is 16.7 Å². The summed E-state index contributed by atoms with van der Waals surface area (Å²) in [7, 11) is 0. The van der Waals surface area contributed by atoms with Crippen LogP contribution in [0.25, 0.3) is 11.1 Å². The zero-order valence-corrected chi connectivity index (χ0v) is 17.6. The number of rotatable bonds is 6. The van der Waals surface area contributed by atoms with Gasteiger partial charge in [-0.05, 0) is 72.9 Å². The standard InChI is InChI=1S/C28H26O2/c1-4-5-6-22-9-15-25(16-10-22)26-17-11-23(12-18-26)7-8-24-13-19-27(20-14-24)30-28(29)21(2)3/h9-20H,2,4-6H2,1,3H3. The minimum Gasteiger partial charge on any atom is -0.423 e. The molecule has 2 heteroatoms. The molecule has 0 saturated carbocycles. The fourth-order valence-corrected chi connectivity index (χ4v) is 2.94. The van der Waals surface area contributed by atoms with Crippen LogP contribution >= 0.6 is 0 Å². The van der Waals surface area contributed by atoms with Gasteiger partial charge in [0.05, 0.1) is 0 Å². The van der Waals surface area contributed by atoms with Crippen LogP contribution in [0.4, 0.5) is 0 Å². The van der Waals surface area contributed by atoms with Crippen LogP contribution in [-0.2, 0) is 11.2 Å². The largest absolute Gasteiger partial charge is 0.423 e. The van der Waals surface area contributed by atoms with E-state index in [9.17, 15) is 4.79 Å². The highest BCUT2D eigenvalue weighted by atomic mass is 16.5. The summed E-state index contributed by atoms with van der Waals surface area (Å²) in [6.07, 6.45) is 3.59. The molecular formula is C28H26O2. The van der Waals surface area contributed by atoms with Crippen LogP contribution in [0.1, 0.15) is 43.4 Å². The lowest BCUT2D eigenvalue weighted by Crippen LogP contribution is -2.07. The molecule has 0 spiro atoms. The summed E-state index contributed by atoms with van der Waals surface area (Å²) in [5.74, 6) is 6.38. The van der Waals surface area contributed by atoms with E-state index in [0.717, 1.165) is 17.5 Å². The Bertz CT molecular complexity index is 1060. The zero-order chi connectivity index (χ0) is 21.3. The van der Waals surface area contributed by atoms with E-state index >= 15 is 0 Å². The van der Waals surface area contributed by atoms with E-state index in [-0.39, 0.29) is 0 Å². The normalized spacial score (nSPS) is 10.1. The predicted molar refractivity (Wildman–Crippen MR) is 123 cm³/mol. The number of esters is 1. The number of carbonyl (C=O) groups is 1. The highest BCUT2D eigenvalue weighted by molar-refractivity contribution is 5.88. The Hall–Kier alpha value is -3.57. The van der Waals surface area contributed by atoms with Gasteiger partial charge >= 0.3 is 5.97 Å². The van der Waals surface area contributed by atoms with Crippen molar-refractivity contribution in [2.24, 2.45) is 0 Å². The Morgan fingerprint density at radius 1 is 0.833 bits per heavy atom. The third-order valence-electron chi connectivity index (χ3n) is 4.76. The molecule has 0 atom stereocenters. The first-order valence-corrected chi connectivity index (χ1v) is 10.2. The number of benzene rings is 3. The number of aryl methyl sites for hydroxylation is 1. The van der Waals surface area contributed by atoms with Crippen LogP contribution in [0.5, 0.6) is 5.75 Å². The van der Waals surface area contributed by atoms with Crippen LogP contribution in [0.3, 0.4) is 0 Å². The first-order chi connectivity index (χ1) is 14.5. The second-order valence-electron chi connectivity index (χ2n) is 7.32. The van der Waals surface area contributed by atoms with E-state index in [1.165, 1.54) is 29.5 Å². The summed E-state index contributed by atoms with van der Waals surface area (Å²) in [4.78, 5) is 11.5. The Labute approximate surface area is 179 Å². The van der Waals surface area contributed by atoms with Crippen LogP contribution < -0.4 is 4.74 Å². The number of hydrogen-bond donors (Lipinski definition) is 0. The van der Waals surface area contributed by atoms with Gasteiger partial charge in [0.25, 0.3) is 0 Å². The molecule has 0 heterocycles. The second kappa shape index (κ2) is 10.3. The van der Waals surface area contributed by atoms with Crippen molar-refractivity contribution in [2.45, 2.75) is 33.1 Å². The van der Waals surface area contributed by atoms with Crippen LogP contribution in [-0.4, -0.2) is 5.97 Å². The van der Waals surface area contributed by atoms with Crippen molar-refractivity contribution in [3.05, 3.63) is 102 Å². The Morgan fingerprint density at radius 2 is 1.33 bits per heavy atom.